The Balaban J connectivity index is 2.66. The third-order valence-electron chi connectivity index (χ3n) is 1.97. The molecule has 88 valence electrons. The van der Waals surface area contributed by atoms with Gasteiger partial charge in [-0.05, 0) is 31.5 Å². The van der Waals surface area contributed by atoms with Crippen LogP contribution in [0.3, 0.4) is 0 Å². The second kappa shape index (κ2) is 6.00. The highest BCUT2D eigenvalue weighted by molar-refractivity contribution is 5.66. The second-order valence-corrected chi connectivity index (χ2v) is 3.38. The molecule has 0 fully saturated rings. The summed E-state index contributed by atoms with van der Waals surface area (Å²) in [5.74, 6) is 0.381. The average molecular weight is 224 g/mol. The molecule has 0 unspecified atom stereocenters. The smallest absolute Gasteiger partial charge is 0.306 e. The van der Waals surface area contributed by atoms with Gasteiger partial charge in [-0.15, -0.1) is 0 Å². The van der Waals surface area contributed by atoms with Crippen molar-refractivity contribution in [2.45, 2.75) is 20.3 Å². The maximum Gasteiger partial charge on any atom is 0.306 e. The average Bonchev–Trinajstić information content (AvgIpc) is 2.21. The van der Waals surface area contributed by atoms with Crippen molar-refractivity contribution >= 4 is 5.97 Å². The number of carbonyl (C=O) groups is 1. The fourth-order valence-corrected chi connectivity index (χ4v) is 1.25. The van der Waals surface area contributed by atoms with Crippen LogP contribution in [0.5, 0.6) is 11.5 Å². The van der Waals surface area contributed by atoms with Crippen LogP contribution in [0.2, 0.25) is 0 Å². The fraction of sp³-hybridized carbons (Fsp3) is 0.417. The molecule has 0 saturated carbocycles. The van der Waals surface area contributed by atoms with Crippen molar-refractivity contribution in [3.8, 4) is 11.5 Å². The van der Waals surface area contributed by atoms with E-state index in [-0.39, 0.29) is 13.0 Å². The molecular formula is C12H16O4. The molecule has 0 aliphatic rings. The zero-order valence-electron chi connectivity index (χ0n) is 9.53. The molecule has 0 spiro atoms. The number of aliphatic carboxylic acids is 1. The predicted molar refractivity (Wildman–Crippen MR) is 60.1 cm³/mol. The highest BCUT2D eigenvalue weighted by Gasteiger charge is 2.05. The highest BCUT2D eigenvalue weighted by Crippen LogP contribution is 2.28. The monoisotopic (exact) mass is 224 g/mol. The lowest BCUT2D eigenvalue weighted by molar-refractivity contribution is -0.137. The Morgan fingerprint density at radius 1 is 1.31 bits per heavy atom. The van der Waals surface area contributed by atoms with Gasteiger partial charge in [0.15, 0.2) is 11.5 Å². The number of hydrogen-bond acceptors (Lipinski definition) is 3. The van der Waals surface area contributed by atoms with Crippen LogP contribution in [-0.2, 0) is 4.79 Å². The molecular weight excluding hydrogens is 208 g/mol. The van der Waals surface area contributed by atoms with Gasteiger partial charge in [-0.2, -0.15) is 0 Å². The molecule has 1 N–H and O–H groups in total. The van der Waals surface area contributed by atoms with E-state index in [4.69, 9.17) is 14.6 Å². The Morgan fingerprint density at radius 3 is 2.69 bits per heavy atom. The SMILES string of the molecule is CCOc1cc(C)ccc1OCCC(=O)O. The van der Waals surface area contributed by atoms with Crippen molar-refractivity contribution in [3.63, 3.8) is 0 Å². The minimum absolute atomic E-state index is 0.0144. The van der Waals surface area contributed by atoms with E-state index in [1.807, 2.05) is 26.0 Å². The van der Waals surface area contributed by atoms with Crippen LogP contribution in [0.1, 0.15) is 18.9 Å². The number of hydrogen-bond donors (Lipinski definition) is 1. The second-order valence-electron chi connectivity index (χ2n) is 3.38. The van der Waals surface area contributed by atoms with Gasteiger partial charge >= 0.3 is 5.97 Å². The fourth-order valence-electron chi connectivity index (χ4n) is 1.25. The number of benzene rings is 1. The molecule has 0 radical (unpaired) electrons. The third kappa shape index (κ3) is 3.81. The lowest BCUT2D eigenvalue weighted by Gasteiger charge is -2.11. The standard InChI is InChI=1S/C12H16O4/c1-3-15-11-8-9(2)4-5-10(11)16-7-6-12(13)14/h4-5,8H,3,6-7H2,1-2H3,(H,13,14). The number of ether oxygens (including phenoxy) is 2. The minimum Gasteiger partial charge on any atom is -0.490 e. The van der Waals surface area contributed by atoms with E-state index in [1.54, 1.807) is 6.07 Å². The van der Waals surface area contributed by atoms with Crippen LogP contribution in [0.4, 0.5) is 0 Å². The number of carboxylic acid groups (broad SMARTS) is 1. The Hall–Kier alpha value is -1.71. The lowest BCUT2D eigenvalue weighted by Crippen LogP contribution is -2.06. The van der Waals surface area contributed by atoms with Gasteiger partial charge < -0.3 is 14.6 Å². The minimum atomic E-state index is -0.870. The Kier molecular flexibility index (Phi) is 4.64. The molecule has 1 aromatic carbocycles. The number of aryl methyl sites for hydroxylation is 1. The molecule has 4 nitrogen and oxygen atoms in total. The van der Waals surface area contributed by atoms with E-state index < -0.39 is 5.97 Å². The first-order valence-electron chi connectivity index (χ1n) is 5.21. The Bertz CT molecular complexity index is 360. The summed E-state index contributed by atoms with van der Waals surface area (Å²) in [6, 6.07) is 5.57. The topological polar surface area (TPSA) is 55.8 Å². The van der Waals surface area contributed by atoms with Crippen molar-refractivity contribution in [3.05, 3.63) is 23.8 Å². The van der Waals surface area contributed by atoms with E-state index >= 15 is 0 Å². The molecule has 0 atom stereocenters. The van der Waals surface area contributed by atoms with E-state index in [2.05, 4.69) is 0 Å². The van der Waals surface area contributed by atoms with E-state index in [0.29, 0.717) is 18.1 Å². The van der Waals surface area contributed by atoms with E-state index in [1.165, 1.54) is 0 Å². The summed E-state index contributed by atoms with van der Waals surface area (Å²) >= 11 is 0. The molecule has 4 heteroatoms. The summed E-state index contributed by atoms with van der Waals surface area (Å²) in [6.07, 6.45) is -0.0144. The number of rotatable bonds is 6. The summed E-state index contributed by atoms with van der Waals surface area (Å²) in [4.78, 5) is 10.3. The van der Waals surface area contributed by atoms with Gasteiger partial charge in [0, 0.05) is 0 Å². The van der Waals surface area contributed by atoms with Crippen molar-refractivity contribution in [1.82, 2.24) is 0 Å². The summed E-state index contributed by atoms with van der Waals surface area (Å²) in [7, 11) is 0. The van der Waals surface area contributed by atoms with Crippen LogP contribution in [-0.4, -0.2) is 24.3 Å². The summed E-state index contributed by atoms with van der Waals surface area (Å²) < 4.78 is 10.8. The van der Waals surface area contributed by atoms with Crippen LogP contribution in [0.15, 0.2) is 18.2 Å². The van der Waals surface area contributed by atoms with Crippen molar-refractivity contribution < 1.29 is 19.4 Å². The molecule has 0 saturated heterocycles. The van der Waals surface area contributed by atoms with Gasteiger partial charge in [-0.3, -0.25) is 4.79 Å². The highest BCUT2D eigenvalue weighted by atomic mass is 16.5. The molecule has 0 aliphatic heterocycles. The van der Waals surface area contributed by atoms with Crippen molar-refractivity contribution in [1.29, 1.82) is 0 Å². The first kappa shape index (κ1) is 12.4. The first-order valence-corrected chi connectivity index (χ1v) is 5.21. The molecule has 0 aliphatic carbocycles. The van der Waals surface area contributed by atoms with Crippen LogP contribution >= 0.6 is 0 Å². The quantitative estimate of drug-likeness (QED) is 0.805. The van der Waals surface area contributed by atoms with Crippen molar-refractivity contribution in [2.75, 3.05) is 13.2 Å². The summed E-state index contributed by atoms with van der Waals surface area (Å²) in [5, 5.41) is 8.50. The van der Waals surface area contributed by atoms with Crippen LogP contribution in [0, 0.1) is 6.92 Å². The summed E-state index contributed by atoms with van der Waals surface area (Å²) in [5.41, 5.74) is 1.08. The molecule has 0 bridgehead atoms. The van der Waals surface area contributed by atoms with Crippen LogP contribution in [0.25, 0.3) is 0 Å². The Labute approximate surface area is 94.8 Å². The van der Waals surface area contributed by atoms with Gasteiger partial charge in [0.25, 0.3) is 0 Å². The maximum atomic E-state index is 10.3. The number of carboxylic acids is 1. The molecule has 0 aromatic heterocycles. The first-order chi connectivity index (χ1) is 7.63. The van der Waals surface area contributed by atoms with Gasteiger partial charge in [0.1, 0.15) is 0 Å². The lowest BCUT2D eigenvalue weighted by atomic mass is 10.2. The van der Waals surface area contributed by atoms with E-state index in [0.717, 1.165) is 5.56 Å². The van der Waals surface area contributed by atoms with E-state index in [9.17, 15) is 4.79 Å². The zero-order chi connectivity index (χ0) is 12.0. The molecule has 0 heterocycles. The molecule has 16 heavy (non-hydrogen) atoms. The van der Waals surface area contributed by atoms with Gasteiger partial charge in [0.05, 0.1) is 19.6 Å². The molecule has 1 aromatic rings. The van der Waals surface area contributed by atoms with Gasteiger partial charge in [-0.1, -0.05) is 6.07 Å². The third-order valence-corrected chi connectivity index (χ3v) is 1.97. The molecule has 1 rings (SSSR count). The van der Waals surface area contributed by atoms with Gasteiger partial charge in [-0.25, -0.2) is 0 Å². The van der Waals surface area contributed by atoms with Gasteiger partial charge in [0.2, 0.25) is 0 Å². The summed E-state index contributed by atoms with van der Waals surface area (Å²) in [6.45, 7) is 4.56. The Morgan fingerprint density at radius 2 is 2.06 bits per heavy atom. The largest absolute Gasteiger partial charge is 0.490 e. The van der Waals surface area contributed by atoms with Crippen LogP contribution < -0.4 is 9.47 Å². The zero-order valence-corrected chi connectivity index (χ0v) is 9.53. The normalized spacial score (nSPS) is 9.88. The van der Waals surface area contributed by atoms with Crippen molar-refractivity contribution in [2.24, 2.45) is 0 Å². The predicted octanol–water partition coefficient (Wildman–Crippen LogP) is 2.25. The maximum absolute atomic E-state index is 10.3. The molecule has 0 amide bonds.